The van der Waals surface area contributed by atoms with E-state index >= 15 is 0 Å². The highest BCUT2D eigenvalue weighted by Crippen LogP contribution is 2.36. The maximum atomic E-state index is 13.9. The highest BCUT2D eigenvalue weighted by Gasteiger charge is 2.29. The highest BCUT2D eigenvalue weighted by molar-refractivity contribution is 7.18. The van der Waals surface area contributed by atoms with Crippen LogP contribution in [0.2, 0.25) is 10.0 Å². The summed E-state index contributed by atoms with van der Waals surface area (Å²) in [6, 6.07) is 14.0. The lowest BCUT2D eigenvalue weighted by atomic mass is 10.0. The van der Waals surface area contributed by atoms with Gasteiger partial charge in [0.2, 0.25) is 0 Å². The Labute approximate surface area is 247 Å². The SMILES string of the molecule is CCN(CC)C(=O)c1sc(NC(=O)c2cc(-c3ccc(Cl)cc3Cl)nc3ccccc23)c(C(=O)OC(C)C)c1C. The molecule has 2 aromatic heterocycles. The molecule has 0 bridgehead atoms. The number of hydrogen-bond donors (Lipinski definition) is 1. The second-order valence-corrected chi connectivity index (χ2v) is 11.2. The number of nitrogens with zero attached hydrogens (tertiary/aromatic N) is 2. The lowest BCUT2D eigenvalue weighted by Gasteiger charge is -2.18. The molecule has 10 heteroatoms. The van der Waals surface area contributed by atoms with Crippen LogP contribution in [0.1, 0.15) is 63.6 Å². The van der Waals surface area contributed by atoms with E-state index in [0.717, 1.165) is 11.3 Å². The lowest BCUT2D eigenvalue weighted by molar-refractivity contribution is 0.0379. The number of amides is 2. The summed E-state index contributed by atoms with van der Waals surface area (Å²) >= 11 is 13.6. The predicted molar refractivity (Wildman–Crippen MR) is 162 cm³/mol. The molecule has 7 nitrogen and oxygen atoms in total. The summed E-state index contributed by atoms with van der Waals surface area (Å²) in [5.41, 5.74) is 2.67. The average Bonchev–Trinajstić information content (AvgIpc) is 3.23. The first-order valence-electron chi connectivity index (χ1n) is 12.9. The molecule has 0 saturated carbocycles. The van der Waals surface area contributed by atoms with Crippen LogP contribution in [0.25, 0.3) is 22.2 Å². The minimum atomic E-state index is -0.606. The van der Waals surface area contributed by atoms with E-state index in [4.69, 9.17) is 32.9 Å². The van der Waals surface area contributed by atoms with Gasteiger partial charge in [0.25, 0.3) is 11.8 Å². The summed E-state index contributed by atoms with van der Waals surface area (Å²) in [6.45, 7) is 9.99. The molecule has 0 spiro atoms. The second kappa shape index (κ2) is 12.4. The van der Waals surface area contributed by atoms with Crippen molar-refractivity contribution >= 4 is 68.2 Å². The molecule has 0 aliphatic heterocycles. The quantitative estimate of drug-likeness (QED) is 0.209. The van der Waals surface area contributed by atoms with E-state index < -0.39 is 11.9 Å². The summed E-state index contributed by atoms with van der Waals surface area (Å²) < 4.78 is 5.48. The number of anilines is 1. The van der Waals surface area contributed by atoms with Crippen LogP contribution in [0.5, 0.6) is 0 Å². The van der Waals surface area contributed by atoms with E-state index in [-0.39, 0.29) is 22.6 Å². The van der Waals surface area contributed by atoms with E-state index in [1.807, 2.05) is 26.0 Å². The third kappa shape index (κ3) is 5.99. The number of fused-ring (bicyclic) bond motifs is 1. The summed E-state index contributed by atoms with van der Waals surface area (Å²) in [5.74, 6) is -1.28. The number of thiophene rings is 1. The smallest absolute Gasteiger partial charge is 0.341 e. The molecule has 2 amide bonds. The number of halogens is 2. The molecule has 2 heterocycles. The fourth-order valence-electron chi connectivity index (χ4n) is 4.35. The van der Waals surface area contributed by atoms with Gasteiger partial charge < -0.3 is 15.0 Å². The maximum Gasteiger partial charge on any atom is 0.341 e. The Balaban J connectivity index is 1.83. The molecule has 0 saturated heterocycles. The number of pyridine rings is 1. The molecule has 0 aliphatic carbocycles. The van der Waals surface area contributed by atoms with Crippen molar-refractivity contribution in [3.8, 4) is 11.3 Å². The molecule has 4 aromatic rings. The number of carbonyl (C=O) groups is 3. The van der Waals surface area contributed by atoms with Crippen molar-refractivity contribution in [3.63, 3.8) is 0 Å². The molecular formula is C30H29Cl2N3O4S. The van der Waals surface area contributed by atoms with Gasteiger partial charge in [-0.3, -0.25) is 9.59 Å². The molecule has 0 aliphatic rings. The monoisotopic (exact) mass is 597 g/mol. The Hall–Kier alpha value is -3.46. The number of benzene rings is 2. The van der Waals surface area contributed by atoms with E-state index in [1.165, 1.54) is 0 Å². The first kappa shape index (κ1) is 29.5. The van der Waals surface area contributed by atoms with Gasteiger partial charge in [0, 0.05) is 29.1 Å². The van der Waals surface area contributed by atoms with Gasteiger partial charge in [-0.05, 0) is 70.5 Å². The number of hydrogen-bond acceptors (Lipinski definition) is 6. The van der Waals surface area contributed by atoms with Crippen LogP contribution < -0.4 is 5.32 Å². The molecule has 40 heavy (non-hydrogen) atoms. The fourth-order valence-corrected chi connectivity index (χ4v) is 6.01. The Bertz CT molecular complexity index is 1610. The normalized spacial score (nSPS) is 11.1. The van der Waals surface area contributed by atoms with Crippen molar-refractivity contribution in [3.05, 3.63) is 80.1 Å². The number of rotatable bonds is 8. The topological polar surface area (TPSA) is 88.6 Å². The van der Waals surface area contributed by atoms with Crippen molar-refractivity contribution < 1.29 is 19.1 Å². The summed E-state index contributed by atoms with van der Waals surface area (Å²) in [6.07, 6.45) is -0.381. The standard InChI is InChI=1S/C30H29Cl2N3O4S/c1-6-35(7-2)29(37)26-17(5)25(30(38)39-16(3)4)28(40-26)34-27(36)21-15-24(20-13-12-18(31)14-22(20)32)33-23-11-9-8-10-19(21)23/h8-16H,6-7H2,1-5H3,(H,34,36). The number of para-hydroxylation sites is 1. The number of aromatic nitrogens is 1. The van der Waals surface area contributed by atoms with Crippen LogP contribution in [0.3, 0.4) is 0 Å². The van der Waals surface area contributed by atoms with Gasteiger partial charge in [0.1, 0.15) is 5.00 Å². The summed E-state index contributed by atoms with van der Waals surface area (Å²) in [4.78, 5) is 47.0. The number of nitrogens with one attached hydrogen (secondary N) is 1. The largest absolute Gasteiger partial charge is 0.459 e. The Morgan fingerprint density at radius 1 is 1.05 bits per heavy atom. The zero-order valence-corrected chi connectivity index (χ0v) is 25.1. The van der Waals surface area contributed by atoms with Crippen molar-refractivity contribution in [2.75, 3.05) is 18.4 Å². The molecule has 208 valence electrons. The predicted octanol–water partition coefficient (Wildman–Crippen LogP) is 7.88. The van der Waals surface area contributed by atoms with Gasteiger partial charge in [-0.15, -0.1) is 11.3 Å². The molecule has 0 radical (unpaired) electrons. The molecule has 2 aromatic carbocycles. The third-order valence-electron chi connectivity index (χ3n) is 6.33. The van der Waals surface area contributed by atoms with Crippen LogP contribution in [-0.4, -0.2) is 46.9 Å². The van der Waals surface area contributed by atoms with E-state index in [0.29, 0.717) is 61.3 Å². The lowest BCUT2D eigenvalue weighted by Crippen LogP contribution is -2.30. The molecule has 0 fully saturated rings. The van der Waals surface area contributed by atoms with Crippen LogP contribution in [0.4, 0.5) is 5.00 Å². The van der Waals surface area contributed by atoms with Crippen LogP contribution in [0.15, 0.2) is 48.5 Å². The van der Waals surface area contributed by atoms with Crippen molar-refractivity contribution in [1.29, 1.82) is 0 Å². The van der Waals surface area contributed by atoms with Gasteiger partial charge in [0.05, 0.1) is 38.3 Å². The van der Waals surface area contributed by atoms with Crippen molar-refractivity contribution in [1.82, 2.24) is 9.88 Å². The number of carbonyl (C=O) groups excluding carboxylic acids is 3. The Morgan fingerprint density at radius 3 is 2.40 bits per heavy atom. The molecular weight excluding hydrogens is 569 g/mol. The number of esters is 1. The highest BCUT2D eigenvalue weighted by atomic mass is 35.5. The molecule has 0 unspecified atom stereocenters. The zero-order valence-electron chi connectivity index (χ0n) is 22.8. The van der Waals surface area contributed by atoms with E-state index in [1.54, 1.807) is 62.1 Å². The first-order chi connectivity index (χ1) is 19.0. The first-order valence-corrected chi connectivity index (χ1v) is 14.4. The van der Waals surface area contributed by atoms with Crippen LogP contribution >= 0.6 is 34.5 Å². The van der Waals surface area contributed by atoms with Gasteiger partial charge in [0.15, 0.2) is 0 Å². The third-order valence-corrected chi connectivity index (χ3v) is 8.08. The Morgan fingerprint density at radius 2 is 1.75 bits per heavy atom. The van der Waals surface area contributed by atoms with Gasteiger partial charge in [-0.25, -0.2) is 9.78 Å². The zero-order chi connectivity index (χ0) is 29.1. The molecule has 1 N–H and O–H groups in total. The molecule has 0 atom stereocenters. The van der Waals surface area contributed by atoms with Gasteiger partial charge >= 0.3 is 5.97 Å². The van der Waals surface area contributed by atoms with Crippen molar-refractivity contribution in [2.45, 2.75) is 40.7 Å². The Kier molecular flexibility index (Phi) is 9.13. The maximum absolute atomic E-state index is 13.9. The minimum absolute atomic E-state index is 0.168. The van der Waals surface area contributed by atoms with E-state index in [2.05, 4.69) is 5.32 Å². The fraction of sp³-hybridized carbons (Fsp3) is 0.267. The number of ether oxygens (including phenoxy) is 1. The van der Waals surface area contributed by atoms with Crippen LogP contribution in [-0.2, 0) is 4.74 Å². The van der Waals surface area contributed by atoms with Crippen LogP contribution in [0, 0.1) is 6.92 Å². The second-order valence-electron chi connectivity index (χ2n) is 9.34. The van der Waals surface area contributed by atoms with Gasteiger partial charge in [-0.2, -0.15) is 0 Å². The summed E-state index contributed by atoms with van der Waals surface area (Å²) in [7, 11) is 0. The summed E-state index contributed by atoms with van der Waals surface area (Å²) in [5, 5.41) is 4.64. The van der Waals surface area contributed by atoms with Crippen molar-refractivity contribution in [2.24, 2.45) is 0 Å². The minimum Gasteiger partial charge on any atom is -0.459 e. The molecule has 4 rings (SSSR count). The van der Waals surface area contributed by atoms with E-state index in [9.17, 15) is 14.4 Å². The average molecular weight is 599 g/mol. The van der Waals surface area contributed by atoms with Gasteiger partial charge in [-0.1, -0.05) is 41.4 Å².